The average Bonchev–Trinajstić information content (AvgIpc) is 3.34. The van der Waals surface area contributed by atoms with Crippen molar-refractivity contribution < 1.29 is 13.9 Å². The number of H-pyrrole nitrogens is 1. The first-order valence-corrected chi connectivity index (χ1v) is 9.99. The van der Waals surface area contributed by atoms with E-state index in [4.69, 9.17) is 4.74 Å². The number of nitrogens with one attached hydrogen (secondary N) is 1. The molecule has 31 heavy (non-hydrogen) atoms. The van der Waals surface area contributed by atoms with Gasteiger partial charge < -0.3 is 9.64 Å². The molecule has 0 saturated carbocycles. The summed E-state index contributed by atoms with van der Waals surface area (Å²) in [5.41, 5.74) is 4.44. The number of benzene rings is 3. The van der Waals surface area contributed by atoms with Crippen LogP contribution in [0.5, 0.6) is 5.75 Å². The minimum Gasteiger partial charge on any atom is -0.497 e. The molecule has 1 amide bonds. The van der Waals surface area contributed by atoms with E-state index in [1.54, 1.807) is 18.1 Å². The maximum absolute atomic E-state index is 14.1. The van der Waals surface area contributed by atoms with Crippen molar-refractivity contribution in [3.63, 3.8) is 0 Å². The van der Waals surface area contributed by atoms with E-state index in [0.717, 1.165) is 22.4 Å². The van der Waals surface area contributed by atoms with Crippen molar-refractivity contribution in [2.24, 2.45) is 0 Å². The SMILES string of the molecule is COc1ccc(-c2n[nH]c3c2C(c2cccc(F)c2)N(Cc2ccccc2)C3=O)cc1. The van der Waals surface area contributed by atoms with Crippen molar-refractivity contribution in [3.05, 3.63) is 107 Å². The molecule has 1 unspecified atom stereocenters. The van der Waals surface area contributed by atoms with Gasteiger partial charge in [-0.3, -0.25) is 9.89 Å². The van der Waals surface area contributed by atoms with Gasteiger partial charge in [-0.05, 0) is 47.5 Å². The number of carbonyl (C=O) groups is 1. The number of halogens is 1. The fourth-order valence-electron chi connectivity index (χ4n) is 4.13. The highest BCUT2D eigenvalue weighted by atomic mass is 19.1. The predicted molar refractivity (Wildman–Crippen MR) is 115 cm³/mol. The van der Waals surface area contributed by atoms with Crippen LogP contribution in [-0.2, 0) is 6.54 Å². The summed E-state index contributed by atoms with van der Waals surface area (Å²) in [7, 11) is 1.61. The van der Waals surface area contributed by atoms with Gasteiger partial charge in [-0.25, -0.2) is 4.39 Å². The van der Waals surface area contributed by atoms with E-state index in [1.807, 2.05) is 60.7 Å². The molecule has 2 heterocycles. The zero-order valence-corrected chi connectivity index (χ0v) is 16.9. The van der Waals surface area contributed by atoms with E-state index < -0.39 is 6.04 Å². The van der Waals surface area contributed by atoms with Gasteiger partial charge in [0.25, 0.3) is 5.91 Å². The summed E-state index contributed by atoms with van der Waals surface area (Å²) in [5.74, 6) is 0.243. The van der Waals surface area contributed by atoms with Crippen LogP contribution in [-0.4, -0.2) is 28.1 Å². The van der Waals surface area contributed by atoms with Crippen LogP contribution < -0.4 is 4.74 Å². The molecule has 0 spiro atoms. The second kappa shape index (κ2) is 7.72. The lowest BCUT2D eigenvalue weighted by Gasteiger charge is -2.26. The Balaban J connectivity index is 1.64. The lowest BCUT2D eigenvalue weighted by molar-refractivity contribution is 0.0730. The van der Waals surface area contributed by atoms with Crippen molar-refractivity contribution >= 4 is 5.91 Å². The van der Waals surface area contributed by atoms with E-state index in [-0.39, 0.29) is 11.7 Å². The van der Waals surface area contributed by atoms with Crippen LogP contribution >= 0.6 is 0 Å². The number of hydrogen-bond donors (Lipinski definition) is 1. The smallest absolute Gasteiger partial charge is 0.273 e. The Morgan fingerprint density at radius 3 is 2.52 bits per heavy atom. The number of aromatic amines is 1. The van der Waals surface area contributed by atoms with Gasteiger partial charge in [-0.1, -0.05) is 42.5 Å². The number of rotatable bonds is 5. The zero-order valence-electron chi connectivity index (χ0n) is 16.9. The molecule has 5 nitrogen and oxygen atoms in total. The van der Waals surface area contributed by atoms with Gasteiger partial charge in [0.2, 0.25) is 0 Å². The maximum atomic E-state index is 14.1. The first-order chi connectivity index (χ1) is 15.2. The van der Waals surface area contributed by atoms with Gasteiger partial charge in [0.1, 0.15) is 17.3 Å². The Morgan fingerprint density at radius 2 is 1.81 bits per heavy atom. The van der Waals surface area contributed by atoms with Crippen LogP contribution in [0.1, 0.15) is 33.2 Å². The normalized spacial score (nSPS) is 15.2. The molecule has 5 rings (SSSR count). The number of nitrogens with zero attached hydrogens (tertiary/aromatic N) is 2. The van der Waals surface area contributed by atoms with E-state index >= 15 is 0 Å². The summed E-state index contributed by atoms with van der Waals surface area (Å²) in [4.78, 5) is 15.1. The molecule has 1 N–H and O–H groups in total. The third-order valence-electron chi connectivity index (χ3n) is 5.59. The van der Waals surface area contributed by atoms with Crippen LogP contribution in [0, 0.1) is 5.82 Å². The second-order valence-corrected chi connectivity index (χ2v) is 7.47. The minimum absolute atomic E-state index is 0.152. The number of ether oxygens (including phenoxy) is 1. The van der Waals surface area contributed by atoms with E-state index in [0.29, 0.717) is 23.5 Å². The summed E-state index contributed by atoms with van der Waals surface area (Å²) in [6.45, 7) is 0.408. The van der Waals surface area contributed by atoms with E-state index in [2.05, 4.69) is 10.2 Å². The lowest BCUT2D eigenvalue weighted by atomic mass is 9.96. The van der Waals surface area contributed by atoms with Gasteiger partial charge in [-0.2, -0.15) is 5.10 Å². The van der Waals surface area contributed by atoms with Crippen LogP contribution in [0.25, 0.3) is 11.3 Å². The molecular weight excluding hydrogens is 393 g/mol. The number of amides is 1. The first-order valence-electron chi connectivity index (χ1n) is 9.99. The summed E-state index contributed by atoms with van der Waals surface area (Å²) < 4.78 is 19.4. The average molecular weight is 413 g/mol. The standard InChI is InChI=1S/C25H20FN3O2/c1-31-20-12-10-17(11-13-20)22-21-23(28-27-22)25(30)29(15-16-6-3-2-4-7-16)24(21)18-8-5-9-19(26)14-18/h2-14,24H,15H2,1H3,(H,27,28). The number of methoxy groups -OCH3 is 1. The van der Waals surface area contributed by atoms with Gasteiger partial charge in [-0.15, -0.1) is 0 Å². The van der Waals surface area contributed by atoms with Crippen molar-refractivity contribution in [1.29, 1.82) is 0 Å². The summed E-state index contributed by atoms with van der Waals surface area (Å²) in [5, 5.41) is 7.37. The minimum atomic E-state index is -0.450. The Bertz CT molecular complexity index is 1240. The molecule has 1 atom stereocenters. The number of fused-ring (bicyclic) bond motifs is 1. The molecule has 3 aromatic carbocycles. The molecule has 6 heteroatoms. The third-order valence-corrected chi connectivity index (χ3v) is 5.59. The van der Waals surface area contributed by atoms with E-state index in [1.165, 1.54) is 12.1 Å². The van der Waals surface area contributed by atoms with Crippen molar-refractivity contribution in [1.82, 2.24) is 15.1 Å². The van der Waals surface area contributed by atoms with Gasteiger partial charge in [0, 0.05) is 17.7 Å². The van der Waals surface area contributed by atoms with Gasteiger partial charge in [0.15, 0.2) is 0 Å². The molecule has 1 aliphatic rings. The highest BCUT2D eigenvalue weighted by Gasteiger charge is 2.42. The van der Waals surface area contributed by atoms with Crippen LogP contribution in [0.3, 0.4) is 0 Å². The maximum Gasteiger partial charge on any atom is 0.273 e. The monoisotopic (exact) mass is 413 g/mol. The van der Waals surface area contributed by atoms with Crippen LogP contribution in [0.2, 0.25) is 0 Å². The molecule has 0 bridgehead atoms. The Labute approximate surface area is 179 Å². The Morgan fingerprint density at radius 1 is 1.03 bits per heavy atom. The molecule has 154 valence electrons. The first kappa shape index (κ1) is 19.1. The second-order valence-electron chi connectivity index (χ2n) is 7.47. The summed E-state index contributed by atoms with van der Waals surface area (Å²) >= 11 is 0. The molecule has 0 fully saturated rings. The highest BCUT2D eigenvalue weighted by molar-refractivity contribution is 6.00. The summed E-state index contributed by atoms with van der Waals surface area (Å²) in [6.07, 6.45) is 0. The molecule has 0 aliphatic carbocycles. The largest absolute Gasteiger partial charge is 0.497 e. The molecule has 1 aromatic heterocycles. The van der Waals surface area contributed by atoms with Gasteiger partial charge >= 0.3 is 0 Å². The summed E-state index contributed by atoms with van der Waals surface area (Å²) in [6, 6.07) is 23.2. The van der Waals surface area contributed by atoms with Crippen LogP contribution in [0.4, 0.5) is 4.39 Å². The van der Waals surface area contributed by atoms with Crippen molar-refractivity contribution in [2.45, 2.75) is 12.6 Å². The zero-order chi connectivity index (χ0) is 21.4. The number of aromatic nitrogens is 2. The molecular formula is C25H20FN3O2. The Hall–Kier alpha value is -3.93. The van der Waals surface area contributed by atoms with E-state index in [9.17, 15) is 9.18 Å². The quantitative estimate of drug-likeness (QED) is 0.503. The van der Waals surface area contributed by atoms with Crippen molar-refractivity contribution in [2.75, 3.05) is 7.11 Å². The molecule has 1 aliphatic heterocycles. The topological polar surface area (TPSA) is 58.2 Å². The number of hydrogen-bond acceptors (Lipinski definition) is 3. The Kier molecular flexibility index (Phi) is 4.75. The van der Waals surface area contributed by atoms with Gasteiger partial charge in [0.05, 0.1) is 18.8 Å². The van der Waals surface area contributed by atoms with Crippen LogP contribution in [0.15, 0.2) is 78.9 Å². The predicted octanol–water partition coefficient (Wildman–Crippen LogP) is 4.97. The molecule has 0 saturated heterocycles. The molecule has 0 radical (unpaired) electrons. The third kappa shape index (κ3) is 3.36. The molecule has 4 aromatic rings. The lowest BCUT2D eigenvalue weighted by Crippen LogP contribution is -2.29. The highest BCUT2D eigenvalue weighted by Crippen LogP contribution is 2.43. The number of carbonyl (C=O) groups excluding carboxylic acids is 1. The van der Waals surface area contributed by atoms with Crippen molar-refractivity contribution in [3.8, 4) is 17.0 Å². The fraction of sp³-hybridized carbons (Fsp3) is 0.120. The fourth-order valence-corrected chi connectivity index (χ4v) is 4.13.